The third kappa shape index (κ3) is 5.01. The number of ether oxygens (including phenoxy) is 1. The summed E-state index contributed by atoms with van der Waals surface area (Å²) in [5.41, 5.74) is 2.08. The first-order valence-electron chi connectivity index (χ1n) is 9.94. The van der Waals surface area contributed by atoms with Crippen molar-refractivity contribution < 1.29 is 19.1 Å². The normalized spacial score (nSPS) is 16.6. The topological polar surface area (TPSA) is 75.8 Å². The van der Waals surface area contributed by atoms with Crippen molar-refractivity contribution in [2.45, 2.75) is 31.8 Å². The summed E-state index contributed by atoms with van der Waals surface area (Å²) in [5.74, 6) is 1.16. The van der Waals surface area contributed by atoms with Crippen LogP contribution in [0, 0.1) is 0 Å². The molecule has 1 saturated heterocycles. The van der Waals surface area contributed by atoms with E-state index in [1.165, 1.54) is 0 Å². The average Bonchev–Trinajstić information content (AvgIpc) is 3.38. The summed E-state index contributed by atoms with van der Waals surface area (Å²) < 4.78 is 11.5. The first-order chi connectivity index (χ1) is 14.6. The molecule has 1 N–H and O–H groups in total. The van der Waals surface area contributed by atoms with Crippen molar-refractivity contribution >= 4 is 17.6 Å². The molecule has 7 heteroatoms. The van der Waals surface area contributed by atoms with E-state index in [9.17, 15) is 4.79 Å². The zero-order chi connectivity index (χ0) is 20.9. The number of benzene rings is 2. The van der Waals surface area contributed by atoms with Crippen LogP contribution in [0.25, 0.3) is 0 Å². The lowest BCUT2D eigenvalue weighted by Gasteiger charge is -2.23. The smallest absolute Gasteiger partial charge is 0.341 e. The number of halogens is 1. The fourth-order valence-electron chi connectivity index (χ4n) is 3.79. The van der Waals surface area contributed by atoms with Crippen LogP contribution < -0.4 is 4.74 Å². The summed E-state index contributed by atoms with van der Waals surface area (Å²) in [4.78, 5) is 17.7. The largest absolute Gasteiger partial charge is 0.482 e. The van der Waals surface area contributed by atoms with E-state index in [4.69, 9.17) is 25.9 Å². The van der Waals surface area contributed by atoms with Gasteiger partial charge in [-0.15, -0.1) is 0 Å². The molecule has 1 aliphatic heterocycles. The minimum atomic E-state index is -0.989. The van der Waals surface area contributed by atoms with Gasteiger partial charge in [-0.2, -0.15) is 0 Å². The van der Waals surface area contributed by atoms with Gasteiger partial charge in [0.05, 0.1) is 12.2 Å². The highest BCUT2D eigenvalue weighted by molar-refractivity contribution is 6.30. The van der Waals surface area contributed by atoms with Gasteiger partial charge in [-0.3, -0.25) is 4.90 Å². The van der Waals surface area contributed by atoms with Crippen molar-refractivity contribution in [1.82, 2.24) is 9.88 Å². The predicted molar refractivity (Wildman–Crippen MR) is 113 cm³/mol. The van der Waals surface area contributed by atoms with Crippen molar-refractivity contribution in [1.29, 1.82) is 0 Å². The molecule has 0 radical (unpaired) electrons. The fraction of sp³-hybridized carbons (Fsp3) is 0.304. The number of oxazole rings is 1. The number of aromatic nitrogens is 1. The molecule has 0 aliphatic carbocycles. The van der Waals surface area contributed by atoms with Crippen molar-refractivity contribution in [3.63, 3.8) is 0 Å². The molecule has 30 heavy (non-hydrogen) atoms. The Balaban J connectivity index is 1.45. The van der Waals surface area contributed by atoms with Crippen LogP contribution >= 0.6 is 11.6 Å². The Morgan fingerprint density at radius 3 is 2.83 bits per heavy atom. The van der Waals surface area contributed by atoms with Crippen LogP contribution in [0.5, 0.6) is 5.75 Å². The zero-order valence-electron chi connectivity index (χ0n) is 16.5. The minimum Gasteiger partial charge on any atom is -0.482 e. The highest BCUT2D eigenvalue weighted by Crippen LogP contribution is 2.34. The second kappa shape index (κ2) is 9.32. The van der Waals surface area contributed by atoms with Crippen LogP contribution in [0.3, 0.4) is 0 Å². The van der Waals surface area contributed by atoms with E-state index < -0.39 is 5.97 Å². The van der Waals surface area contributed by atoms with Gasteiger partial charge < -0.3 is 14.3 Å². The molecule has 1 aromatic heterocycles. The molecule has 156 valence electrons. The van der Waals surface area contributed by atoms with E-state index in [1.807, 2.05) is 42.5 Å². The molecule has 1 atom stereocenters. The molecule has 4 rings (SSSR count). The van der Waals surface area contributed by atoms with Gasteiger partial charge in [-0.25, -0.2) is 9.78 Å². The molecule has 2 heterocycles. The van der Waals surface area contributed by atoms with E-state index in [0.717, 1.165) is 42.2 Å². The number of rotatable bonds is 8. The number of hydrogen-bond donors (Lipinski definition) is 1. The first-order valence-corrected chi connectivity index (χ1v) is 10.3. The van der Waals surface area contributed by atoms with Crippen LogP contribution in [0.15, 0.2) is 59.1 Å². The number of para-hydroxylation sites is 1. The summed E-state index contributed by atoms with van der Waals surface area (Å²) in [6, 6.07) is 15.4. The first kappa shape index (κ1) is 20.4. The quantitative estimate of drug-likeness (QED) is 0.561. The van der Waals surface area contributed by atoms with Crippen LogP contribution in [-0.2, 0) is 17.8 Å². The maximum atomic E-state index is 10.9. The molecule has 1 aliphatic rings. The number of likely N-dealkylation sites (tertiary alicyclic amines) is 1. The molecule has 6 nitrogen and oxygen atoms in total. The molecule has 0 amide bonds. The van der Waals surface area contributed by atoms with Crippen LogP contribution in [0.4, 0.5) is 0 Å². The highest BCUT2D eigenvalue weighted by Gasteiger charge is 2.30. The Labute approximate surface area is 180 Å². The monoisotopic (exact) mass is 426 g/mol. The Hall–Kier alpha value is -2.83. The molecule has 1 fully saturated rings. The van der Waals surface area contributed by atoms with Gasteiger partial charge in [0.25, 0.3) is 0 Å². The van der Waals surface area contributed by atoms with Crippen molar-refractivity contribution in [3.05, 3.63) is 82.5 Å². The molecular formula is C23H23ClN2O4. The molecule has 0 spiro atoms. The summed E-state index contributed by atoms with van der Waals surface area (Å²) in [5, 5.41) is 9.61. The number of carboxylic acids is 1. The van der Waals surface area contributed by atoms with Crippen molar-refractivity contribution in [2.24, 2.45) is 0 Å². The van der Waals surface area contributed by atoms with Gasteiger partial charge in [0.15, 0.2) is 6.61 Å². The second-order valence-electron chi connectivity index (χ2n) is 7.39. The standard InChI is InChI=1S/C23H23ClN2O4/c24-18-9-7-16(8-10-18)12-19-13-25-23(30-19)20-5-3-11-26(20)14-17-4-1-2-6-21(17)29-15-22(27)28/h1-2,4,6-10,13,20H,3,5,11-12,14-15H2,(H,27,28)/t20-/m0/s1. The van der Waals surface area contributed by atoms with Gasteiger partial charge in [-0.05, 0) is 43.1 Å². The van der Waals surface area contributed by atoms with Crippen molar-refractivity contribution in [3.8, 4) is 5.75 Å². The van der Waals surface area contributed by atoms with E-state index in [-0.39, 0.29) is 12.6 Å². The van der Waals surface area contributed by atoms with Gasteiger partial charge in [-0.1, -0.05) is 41.9 Å². The number of nitrogens with zero attached hydrogens (tertiary/aromatic N) is 2. The van der Waals surface area contributed by atoms with E-state index in [0.29, 0.717) is 23.7 Å². The number of aliphatic carboxylic acids is 1. The maximum Gasteiger partial charge on any atom is 0.341 e. The third-order valence-electron chi connectivity index (χ3n) is 5.21. The Morgan fingerprint density at radius 1 is 1.23 bits per heavy atom. The average molecular weight is 427 g/mol. The highest BCUT2D eigenvalue weighted by atomic mass is 35.5. The maximum absolute atomic E-state index is 10.9. The Bertz CT molecular complexity index is 1000. The van der Waals surface area contributed by atoms with Gasteiger partial charge in [0.1, 0.15) is 11.5 Å². The summed E-state index contributed by atoms with van der Waals surface area (Å²) in [7, 11) is 0. The van der Waals surface area contributed by atoms with Gasteiger partial charge in [0.2, 0.25) is 5.89 Å². The molecule has 3 aromatic rings. The van der Waals surface area contributed by atoms with E-state index in [2.05, 4.69) is 9.88 Å². The lowest BCUT2D eigenvalue weighted by Crippen LogP contribution is -2.23. The van der Waals surface area contributed by atoms with E-state index in [1.54, 1.807) is 12.3 Å². The number of carbonyl (C=O) groups is 1. The predicted octanol–water partition coefficient (Wildman–Crippen LogP) is 4.72. The molecule has 0 saturated carbocycles. The Kier molecular flexibility index (Phi) is 6.35. The molecule has 0 bridgehead atoms. The lowest BCUT2D eigenvalue weighted by molar-refractivity contribution is -0.139. The van der Waals surface area contributed by atoms with Crippen LogP contribution in [0.2, 0.25) is 5.02 Å². The lowest BCUT2D eigenvalue weighted by atomic mass is 10.1. The van der Waals surface area contributed by atoms with E-state index >= 15 is 0 Å². The minimum absolute atomic E-state index is 0.0940. The SMILES string of the molecule is O=C(O)COc1ccccc1CN1CCC[C@H]1c1ncc(Cc2ccc(Cl)cc2)o1. The van der Waals surface area contributed by atoms with Crippen LogP contribution in [0.1, 0.15) is 41.7 Å². The van der Waals surface area contributed by atoms with Crippen molar-refractivity contribution in [2.75, 3.05) is 13.2 Å². The second-order valence-corrected chi connectivity index (χ2v) is 7.82. The molecule has 0 unspecified atom stereocenters. The molecular weight excluding hydrogens is 404 g/mol. The summed E-state index contributed by atoms with van der Waals surface area (Å²) >= 11 is 5.95. The molecule has 2 aromatic carbocycles. The Morgan fingerprint density at radius 2 is 2.03 bits per heavy atom. The third-order valence-corrected chi connectivity index (χ3v) is 5.46. The summed E-state index contributed by atoms with van der Waals surface area (Å²) in [6.45, 7) is 1.22. The van der Waals surface area contributed by atoms with Gasteiger partial charge >= 0.3 is 5.97 Å². The number of hydrogen-bond acceptors (Lipinski definition) is 5. The number of carboxylic acid groups (broad SMARTS) is 1. The zero-order valence-corrected chi connectivity index (χ0v) is 17.2. The van der Waals surface area contributed by atoms with Gasteiger partial charge in [0, 0.05) is 23.6 Å². The summed E-state index contributed by atoms with van der Waals surface area (Å²) in [6.07, 6.45) is 4.49. The van der Waals surface area contributed by atoms with Crippen LogP contribution in [-0.4, -0.2) is 34.1 Å². The fourth-order valence-corrected chi connectivity index (χ4v) is 3.92.